The average molecular weight is 572 g/mol. The van der Waals surface area contributed by atoms with Crippen LogP contribution in [0.3, 0.4) is 0 Å². The van der Waals surface area contributed by atoms with E-state index in [0.29, 0.717) is 42.8 Å². The summed E-state index contributed by atoms with van der Waals surface area (Å²) in [6.45, 7) is 2.93. The maximum absolute atomic E-state index is 10.6. The van der Waals surface area contributed by atoms with Gasteiger partial charge < -0.3 is 34.5 Å². The van der Waals surface area contributed by atoms with Gasteiger partial charge in [-0.1, -0.05) is 72.8 Å². The summed E-state index contributed by atoms with van der Waals surface area (Å²) in [7, 11) is 0. The standard InChI is InChI=1S/C34H37NO7/c1-25(18-26-12-14-30(15-13-26)40-24-34(37)38)35-20-29(36)23-39-31-16-17-32(41-21-27-8-4-2-5-9-27)33(19-31)42-22-28-10-6-3-7-11-28/h2-17,19,25,29,35-36H,18,20-24H2,1H3,(H,37,38). The normalized spacial score (nSPS) is 12.2. The molecular weight excluding hydrogens is 534 g/mol. The van der Waals surface area contributed by atoms with Crippen LogP contribution in [0.1, 0.15) is 23.6 Å². The zero-order valence-electron chi connectivity index (χ0n) is 23.6. The van der Waals surface area contributed by atoms with E-state index in [-0.39, 0.29) is 19.3 Å². The Morgan fingerprint density at radius 2 is 1.31 bits per heavy atom. The lowest BCUT2D eigenvalue weighted by Gasteiger charge is -2.19. The van der Waals surface area contributed by atoms with Crippen molar-refractivity contribution < 1.29 is 34.0 Å². The fraction of sp³-hybridized carbons (Fsp3) is 0.265. The molecule has 0 saturated heterocycles. The number of aliphatic hydroxyl groups excluding tert-OH is 1. The third-order valence-corrected chi connectivity index (χ3v) is 6.36. The Labute approximate surface area is 246 Å². The Balaban J connectivity index is 1.27. The predicted octanol–water partition coefficient (Wildman–Crippen LogP) is 5.27. The molecule has 2 unspecified atom stereocenters. The van der Waals surface area contributed by atoms with Gasteiger partial charge in [-0.2, -0.15) is 0 Å². The van der Waals surface area contributed by atoms with Crippen LogP contribution in [0.2, 0.25) is 0 Å². The third kappa shape index (κ3) is 10.5. The van der Waals surface area contributed by atoms with Crippen molar-refractivity contribution in [2.24, 2.45) is 0 Å². The molecule has 8 heteroatoms. The van der Waals surface area contributed by atoms with E-state index in [4.69, 9.17) is 24.1 Å². The molecule has 0 aliphatic rings. The summed E-state index contributed by atoms with van der Waals surface area (Å²) in [5.41, 5.74) is 3.16. The zero-order chi connectivity index (χ0) is 29.6. The van der Waals surface area contributed by atoms with Crippen molar-refractivity contribution in [3.05, 3.63) is 120 Å². The number of hydrogen-bond donors (Lipinski definition) is 3. The minimum Gasteiger partial charge on any atom is -0.491 e. The third-order valence-electron chi connectivity index (χ3n) is 6.36. The first kappa shape index (κ1) is 30.4. The van der Waals surface area contributed by atoms with Crippen molar-refractivity contribution in [3.8, 4) is 23.0 Å². The van der Waals surface area contributed by atoms with E-state index in [1.807, 2.05) is 91.9 Å². The van der Waals surface area contributed by atoms with Crippen LogP contribution >= 0.6 is 0 Å². The van der Waals surface area contributed by atoms with E-state index in [9.17, 15) is 9.90 Å². The Hall–Kier alpha value is -4.53. The smallest absolute Gasteiger partial charge is 0.341 e. The van der Waals surface area contributed by atoms with Gasteiger partial charge in [-0.05, 0) is 54.3 Å². The average Bonchev–Trinajstić information content (AvgIpc) is 3.02. The molecule has 0 aliphatic carbocycles. The van der Waals surface area contributed by atoms with Crippen molar-refractivity contribution >= 4 is 5.97 Å². The summed E-state index contributed by atoms with van der Waals surface area (Å²) < 4.78 is 23.2. The molecule has 0 heterocycles. The van der Waals surface area contributed by atoms with Gasteiger partial charge >= 0.3 is 5.97 Å². The van der Waals surface area contributed by atoms with Gasteiger partial charge in [-0.3, -0.25) is 0 Å². The largest absolute Gasteiger partial charge is 0.491 e. The number of nitrogens with one attached hydrogen (secondary N) is 1. The summed E-state index contributed by atoms with van der Waals surface area (Å²) in [4.78, 5) is 10.6. The van der Waals surface area contributed by atoms with Gasteiger partial charge in [0.2, 0.25) is 0 Å². The molecule has 4 aromatic rings. The number of hydrogen-bond acceptors (Lipinski definition) is 7. The maximum Gasteiger partial charge on any atom is 0.341 e. The minimum absolute atomic E-state index is 0.101. The quantitative estimate of drug-likeness (QED) is 0.157. The number of carbonyl (C=O) groups is 1. The van der Waals surface area contributed by atoms with Crippen molar-refractivity contribution in [1.29, 1.82) is 0 Å². The van der Waals surface area contributed by atoms with E-state index in [1.165, 1.54) is 0 Å². The lowest BCUT2D eigenvalue weighted by Crippen LogP contribution is -2.37. The summed E-state index contributed by atoms with van der Waals surface area (Å²) in [5, 5.41) is 22.6. The molecule has 0 amide bonds. The summed E-state index contributed by atoms with van der Waals surface area (Å²) in [5.74, 6) is 1.25. The molecule has 0 aliphatic heterocycles. The summed E-state index contributed by atoms with van der Waals surface area (Å²) >= 11 is 0. The molecule has 0 fully saturated rings. The highest BCUT2D eigenvalue weighted by Crippen LogP contribution is 2.33. The SMILES string of the molecule is CC(Cc1ccc(OCC(=O)O)cc1)NCC(O)COc1ccc(OCc2ccccc2)c(OCc2ccccc2)c1. The monoisotopic (exact) mass is 571 g/mol. The predicted molar refractivity (Wildman–Crippen MR) is 160 cm³/mol. The van der Waals surface area contributed by atoms with Gasteiger partial charge in [-0.25, -0.2) is 4.79 Å². The number of benzene rings is 4. The number of carboxylic acids is 1. The van der Waals surface area contributed by atoms with Crippen LogP contribution in [0, 0.1) is 0 Å². The van der Waals surface area contributed by atoms with Crippen molar-refractivity contribution in [2.45, 2.75) is 38.7 Å². The Morgan fingerprint density at radius 1 is 0.714 bits per heavy atom. The molecule has 220 valence electrons. The Morgan fingerprint density at radius 3 is 1.93 bits per heavy atom. The highest BCUT2D eigenvalue weighted by Gasteiger charge is 2.12. The molecule has 0 aromatic heterocycles. The van der Waals surface area contributed by atoms with Crippen LogP contribution in [0.5, 0.6) is 23.0 Å². The molecule has 0 spiro atoms. The summed E-state index contributed by atoms with van der Waals surface area (Å²) in [6, 6.07) is 32.7. The number of ether oxygens (including phenoxy) is 4. The molecule has 4 rings (SSSR count). The van der Waals surface area contributed by atoms with Crippen LogP contribution in [0.4, 0.5) is 0 Å². The molecular formula is C34H37NO7. The van der Waals surface area contributed by atoms with E-state index in [0.717, 1.165) is 23.1 Å². The topological polar surface area (TPSA) is 106 Å². The first-order valence-electron chi connectivity index (χ1n) is 13.9. The van der Waals surface area contributed by atoms with E-state index in [2.05, 4.69) is 5.32 Å². The van der Waals surface area contributed by atoms with Crippen molar-refractivity contribution in [2.75, 3.05) is 19.8 Å². The maximum atomic E-state index is 10.6. The van der Waals surface area contributed by atoms with E-state index >= 15 is 0 Å². The molecule has 0 bridgehead atoms. The van der Waals surface area contributed by atoms with Gasteiger partial charge in [0.05, 0.1) is 0 Å². The molecule has 0 saturated carbocycles. The number of rotatable bonds is 17. The van der Waals surface area contributed by atoms with Crippen molar-refractivity contribution in [1.82, 2.24) is 5.32 Å². The highest BCUT2D eigenvalue weighted by atomic mass is 16.5. The zero-order valence-corrected chi connectivity index (χ0v) is 23.6. The number of carboxylic acid groups (broad SMARTS) is 1. The number of aliphatic carboxylic acids is 1. The van der Waals surface area contributed by atoms with Gasteiger partial charge in [0.15, 0.2) is 18.1 Å². The van der Waals surface area contributed by atoms with Crippen molar-refractivity contribution in [3.63, 3.8) is 0 Å². The van der Waals surface area contributed by atoms with Crippen LogP contribution in [-0.2, 0) is 24.4 Å². The first-order valence-corrected chi connectivity index (χ1v) is 13.9. The van der Waals surface area contributed by atoms with Crippen LogP contribution < -0.4 is 24.3 Å². The fourth-order valence-corrected chi connectivity index (χ4v) is 4.16. The Kier molecular flexibility index (Phi) is 11.6. The molecule has 8 nitrogen and oxygen atoms in total. The minimum atomic E-state index is -1.01. The highest BCUT2D eigenvalue weighted by molar-refractivity contribution is 5.68. The van der Waals surface area contributed by atoms with Gasteiger partial charge in [0.1, 0.15) is 37.4 Å². The van der Waals surface area contributed by atoms with Gasteiger partial charge in [-0.15, -0.1) is 0 Å². The van der Waals surface area contributed by atoms with Gasteiger partial charge in [0.25, 0.3) is 0 Å². The number of aliphatic hydroxyl groups is 1. The Bertz CT molecular complexity index is 1360. The van der Waals surface area contributed by atoms with Crippen LogP contribution in [0.25, 0.3) is 0 Å². The fourth-order valence-electron chi connectivity index (χ4n) is 4.16. The molecule has 4 aromatic carbocycles. The molecule has 3 N–H and O–H groups in total. The second kappa shape index (κ2) is 16.0. The molecule has 2 atom stereocenters. The van der Waals surface area contributed by atoms with E-state index < -0.39 is 12.1 Å². The lowest BCUT2D eigenvalue weighted by atomic mass is 10.1. The first-order chi connectivity index (χ1) is 20.4. The summed E-state index contributed by atoms with van der Waals surface area (Å²) in [6.07, 6.45) is 0.0150. The van der Waals surface area contributed by atoms with Crippen LogP contribution in [0.15, 0.2) is 103 Å². The lowest BCUT2D eigenvalue weighted by molar-refractivity contribution is -0.139. The van der Waals surface area contributed by atoms with E-state index in [1.54, 1.807) is 18.2 Å². The molecule has 0 radical (unpaired) electrons. The molecule has 42 heavy (non-hydrogen) atoms. The van der Waals surface area contributed by atoms with Gasteiger partial charge in [0, 0.05) is 18.7 Å². The van der Waals surface area contributed by atoms with Crippen LogP contribution in [-0.4, -0.2) is 48.1 Å². The second-order valence-electron chi connectivity index (χ2n) is 9.96. The second-order valence-corrected chi connectivity index (χ2v) is 9.96.